The topological polar surface area (TPSA) is 30.7 Å². The Morgan fingerprint density at radius 1 is 1.43 bits per heavy atom. The highest BCUT2D eigenvalue weighted by Crippen LogP contribution is 2.11. The number of halogens is 2. The maximum absolute atomic E-state index is 5.75. The largest absolute Gasteiger partial charge is 0.237 e. The lowest BCUT2D eigenvalue weighted by atomic mass is 10.3. The number of alkyl halides is 1. The van der Waals surface area contributed by atoms with Gasteiger partial charge in [0, 0.05) is 12.1 Å². The Morgan fingerprint density at radius 2 is 2.29 bits per heavy atom. The molecule has 0 aliphatic carbocycles. The second kappa shape index (κ2) is 3.98. The van der Waals surface area contributed by atoms with Crippen LogP contribution in [-0.4, -0.2) is 14.8 Å². The Bertz CT molecular complexity index is 439. The lowest BCUT2D eigenvalue weighted by molar-refractivity contribution is 0.844. The third-order valence-corrected chi connectivity index (χ3v) is 2.25. The molecule has 2 rings (SSSR count). The number of nitrogens with zero attached hydrogens (tertiary/aromatic N) is 3. The van der Waals surface area contributed by atoms with Crippen LogP contribution in [0.4, 0.5) is 0 Å². The highest BCUT2D eigenvalue weighted by molar-refractivity contribution is 6.30. The molecule has 0 bridgehead atoms. The van der Waals surface area contributed by atoms with E-state index >= 15 is 0 Å². The lowest BCUT2D eigenvalue weighted by Gasteiger charge is -2.00. The maximum Gasteiger partial charge on any atom is 0.153 e. The van der Waals surface area contributed by atoms with Crippen LogP contribution in [0.1, 0.15) is 5.56 Å². The maximum atomic E-state index is 5.75. The summed E-state index contributed by atoms with van der Waals surface area (Å²) in [5.74, 6) is 1.18. The monoisotopic (exact) mass is 227 g/mol. The van der Waals surface area contributed by atoms with Gasteiger partial charge in [-0.1, -0.05) is 11.6 Å². The average Bonchev–Trinajstić information content (AvgIpc) is 2.65. The molecule has 0 aliphatic rings. The molecule has 0 saturated heterocycles. The van der Waals surface area contributed by atoms with E-state index in [4.69, 9.17) is 23.2 Å². The molecular weight excluding hydrogens is 221 g/mol. The van der Waals surface area contributed by atoms with Crippen molar-refractivity contribution in [3.8, 4) is 5.82 Å². The third kappa shape index (κ3) is 1.89. The fourth-order valence-electron chi connectivity index (χ4n) is 1.10. The molecule has 0 radical (unpaired) electrons. The molecule has 0 fully saturated rings. The molecule has 0 N–H and O–H groups in total. The van der Waals surface area contributed by atoms with Gasteiger partial charge in [-0.2, -0.15) is 5.10 Å². The summed E-state index contributed by atoms with van der Waals surface area (Å²) in [4.78, 5) is 4.15. The molecule has 2 heterocycles. The fourth-order valence-corrected chi connectivity index (χ4v) is 1.40. The molecular formula is C9H7Cl2N3. The van der Waals surface area contributed by atoms with Gasteiger partial charge in [0.15, 0.2) is 5.82 Å². The van der Waals surface area contributed by atoms with E-state index in [9.17, 15) is 0 Å². The van der Waals surface area contributed by atoms with Gasteiger partial charge in [-0.15, -0.1) is 11.6 Å². The van der Waals surface area contributed by atoms with Crippen LogP contribution in [0.3, 0.4) is 0 Å². The van der Waals surface area contributed by atoms with Crippen LogP contribution in [-0.2, 0) is 5.88 Å². The zero-order valence-electron chi connectivity index (χ0n) is 7.19. The number of aromatic nitrogens is 3. The van der Waals surface area contributed by atoms with Crippen LogP contribution in [0.15, 0.2) is 30.7 Å². The smallest absolute Gasteiger partial charge is 0.153 e. The van der Waals surface area contributed by atoms with Crippen molar-refractivity contribution in [3.05, 3.63) is 41.3 Å². The van der Waals surface area contributed by atoms with E-state index in [0.717, 1.165) is 11.4 Å². The van der Waals surface area contributed by atoms with Crippen LogP contribution < -0.4 is 0 Å². The van der Waals surface area contributed by atoms with E-state index in [1.54, 1.807) is 23.3 Å². The first-order chi connectivity index (χ1) is 6.79. The van der Waals surface area contributed by atoms with Crippen LogP contribution in [0.2, 0.25) is 5.02 Å². The van der Waals surface area contributed by atoms with Crippen molar-refractivity contribution >= 4 is 23.2 Å². The highest BCUT2D eigenvalue weighted by atomic mass is 35.5. The Morgan fingerprint density at radius 3 is 2.93 bits per heavy atom. The van der Waals surface area contributed by atoms with Crippen molar-refractivity contribution < 1.29 is 0 Å². The predicted molar refractivity (Wildman–Crippen MR) is 55.9 cm³/mol. The van der Waals surface area contributed by atoms with Crippen molar-refractivity contribution in [2.24, 2.45) is 0 Å². The summed E-state index contributed by atoms with van der Waals surface area (Å²) in [5.41, 5.74) is 1.00. The number of hydrogen-bond acceptors (Lipinski definition) is 2. The van der Waals surface area contributed by atoms with E-state index < -0.39 is 0 Å². The summed E-state index contributed by atoms with van der Waals surface area (Å²) in [6.45, 7) is 0. The predicted octanol–water partition coefficient (Wildman–Crippen LogP) is 2.66. The number of hydrogen-bond donors (Lipinski definition) is 0. The average molecular weight is 228 g/mol. The molecule has 0 amide bonds. The first-order valence-corrected chi connectivity index (χ1v) is 4.92. The van der Waals surface area contributed by atoms with Crippen molar-refractivity contribution in [2.75, 3.05) is 0 Å². The molecule has 0 aliphatic heterocycles. The number of rotatable bonds is 2. The van der Waals surface area contributed by atoms with Gasteiger partial charge in [-0.25, -0.2) is 9.67 Å². The SMILES string of the molecule is ClCc1ccnc(-n2cc(Cl)cn2)c1. The first-order valence-electron chi connectivity index (χ1n) is 4.01. The van der Waals surface area contributed by atoms with E-state index in [2.05, 4.69) is 10.1 Å². The van der Waals surface area contributed by atoms with Crippen molar-refractivity contribution in [1.82, 2.24) is 14.8 Å². The first kappa shape index (κ1) is 9.49. The minimum Gasteiger partial charge on any atom is -0.237 e. The van der Waals surface area contributed by atoms with Gasteiger partial charge >= 0.3 is 0 Å². The van der Waals surface area contributed by atoms with Gasteiger partial charge in [-0.05, 0) is 17.7 Å². The quantitative estimate of drug-likeness (QED) is 0.739. The van der Waals surface area contributed by atoms with E-state index in [1.807, 2.05) is 12.1 Å². The Labute approximate surface area is 91.3 Å². The summed E-state index contributed by atoms with van der Waals surface area (Å²) in [6, 6.07) is 3.73. The molecule has 5 heteroatoms. The van der Waals surface area contributed by atoms with E-state index in [-0.39, 0.29) is 0 Å². The van der Waals surface area contributed by atoms with Gasteiger partial charge in [0.05, 0.1) is 17.4 Å². The molecule has 72 valence electrons. The summed E-state index contributed by atoms with van der Waals surface area (Å²) >= 11 is 11.5. The molecule has 2 aromatic rings. The summed E-state index contributed by atoms with van der Waals surface area (Å²) in [6.07, 6.45) is 4.96. The third-order valence-electron chi connectivity index (χ3n) is 1.75. The Kier molecular flexibility index (Phi) is 2.70. The fraction of sp³-hybridized carbons (Fsp3) is 0.111. The van der Waals surface area contributed by atoms with Gasteiger partial charge in [-0.3, -0.25) is 0 Å². The van der Waals surface area contributed by atoms with Gasteiger partial charge in [0.2, 0.25) is 0 Å². The minimum atomic E-state index is 0.463. The van der Waals surface area contributed by atoms with Crippen molar-refractivity contribution in [2.45, 2.75) is 5.88 Å². The second-order valence-corrected chi connectivity index (χ2v) is 3.46. The molecule has 0 spiro atoms. The summed E-state index contributed by atoms with van der Waals surface area (Å²) < 4.78 is 1.61. The lowest BCUT2D eigenvalue weighted by Crippen LogP contribution is -1.97. The molecule has 0 aromatic carbocycles. The molecule has 3 nitrogen and oxygen atoms in total. The standard InChI is InChI=1S/C9H7Cl2N3/c10-4-7-1-2-12-9(3-7)14-6-8(11)5-13-14/h1-3,5-6H,4H2. The molecule has 2 aromatic heterocycles. The molecule has 0 saturated carbocycles. The van der Waals surface area contributed by atoms with E-state index in [1.165, 1.54) is 0 Å². The van der Waals surface area contributed by atoms with Gasteiger partial charge < -0.3 is 0 Å². The minimum absolute atomic E-state index is 0.463. The van der Waals surface area contributed by atoms with Crippen LogP contribution in [0, 0.1) is 0 Å². The zero-order valence-corrected chi connectivity index (χ0v) is 8.70. The van der Waals surface area contributed by atoms with E-state index in [0.29, 0.717) is 10.9 Å². The van der Waals surface area contributed by atoms with Crippen molar-refractivity contribution in [3.63, 3.8) is 0 Å². The second-order valence-electron chi connectivity index (χ2n) is 2.76. The summed E-state index contributed by atoms with van der Waals surface area (Å²) in [7, 11) is 0. The molecule has 0 atom stereocenters. The van der Waals surface area contributed by atoms with Crippen LogP contribution in [0.5, 0.6) is 0 Å². The van der Waals surface area contributed by atoms with Gasteiger partial charge in [0.1, 0.15) is 0 Å². The Hall–Kier alpha value is -1.06. The van der Waals surface area contributed by atoms with Gasteiger partial charge in [0.25, 0.3) is 0 Å². The zero-order chi connectivity index (χ0) is 9.97. The summed E-state index contributed by atoms with van der Waals surface area (Å²) in [5, 5.41) is 4.63. The molecule has 0 unspecified atom stereocenters. The molecule has 14 heavy (non-hydrogen) atoms. The normalized spacial score (nSPS) is 10.4. The van der Waals surface area contributed by atoms with Crippen LogP contribution in [0.25, 0.3) is 5.82 Å². The Balaban J connectivity index is 2.41. The van der Waals surface area contributed by atoms with Crippen LogP contribution >= 0.6 is 23.2 Å². The highest BCUT2D eigenvalue weighted by Gasteiger charge is 2.00. The number of pyridine rings is 1. The van der Waals surface area contributed by atoms with Crippen molar-refractivity contribution in [1.29, 1.82) is 0 Å².